The molecule has 3 nitrogen and oxygen atoms in total. The zero-order chi connectivity index (χ0) is 12.1. The maximum Gasteiger partial charge on any atom is 0.224 e. The summed E-state index contributed by atoms with van der Waals surface area (Å²) in [6.07, 6.45) is 4.69. The van der Waals surface area contributed by atoms with Gasteiger partial charge in [-0.3, -0.25) is 4.79 Å². The van der Waals surface area contributed by atoms with Gasteiger partial charge in [0.25, 0.3) is 0 Å². The molecule has 0 saturated heterocycles. The highest BCUT2D eigenvalue weighted by Gasteiger charge is 2.20. The Bertz CT molecular complexity index is 427. The number of nitrogens with zero attached hydrogens (tertiary/aromatic N) is 1. The minimum absolute atomic E-state index is 0.0998. The minimum atomic E-state index is 0.0998. The lowest BCUT2D eigenvalue weighted by molar-refractivity contribution is -0.117. The van der Waals surface area contributed by atoms with Gasteiger partial charge in [-0.1, -0.05) is 18.6 Å². The fourth-order valence-electron chi connectivity index (χ4n) is 1.97. The summed E-state index contributed by atoms with van der Waals surface area (Å²) in [4.78, 5) is 11.7. The summed E-state index contributed by atoms with van der Waals surface area (Å²) in [5.41, 5.74) is 1.79. The molecule has 2 rings (SSSR count). The quantitative estimate of drug-likeness (QED) is 0.861. The minimum Gasteiger partial charge on any atom is -0.326 e. The predicted octanol–water partition coefficient (Wildman–Crippen LogP) is 2.88. The van der Waals surface area contributed by atoms with Crippen LogP contribution in [0.15, 0.2) is 24.3 Å². The van der Waals surface area contributed by atoms with Crippen LogP contribution in [0.25, 0.3) is 0 Å². The molecule has 0 aromatic heterocycles. The third kappa shape index (κ3) is 3.32. The molecule has 17 heavy (non-hydrogen) atoms. The van der Waals surface area contributed by atoms with E-state index in [1.165, 1.54) is 19.3 Å². The van der Waals surface area contributed by atoms with Crippen LogP contribution >= 0.6 is 0 Å². The first kappa shape index (κ1) is 11.7. The van der Waals surface area contributed by atoms with Gasteiger partial charge >= 0.3 is 0 Å². The molecular formula is C14H16N2O. The Balaban J connectivity index is 1.85. The second-order valence-corrected chi connectivity index (χ2v) is 4.58. The van der Waals surface area contributed by atoms with Gasteiger partial charge in [0.1, 0.15) is 0 Å². The van der Waals surface area contributed by atoms with E-state index in [-0.39, 0.29) is 5.91 Å². The summed E-state index contributed by atoms with van der Waals surface area (Å²) in [6.45, 7) is 0. The number of nitrogens with one attached hydrogen (secondary N) is 1. The van der Waals surface area contributed by atoms with Crippen LogP contribution in [0, 0.1) is 17.2 Å². The van der Waals surface area contributed by atoms with E-state index in [1.807, 2.05) is 24.3 Å². The molecule has 0 heterocycles. The van der Waals surface area contributed by atoms with Crippen LogP contribution in [0.1, 0.15) is 31.2 Å². The molecule has 88 valence electrons. The van der Waals surface area contributed by atoms with Crippen LogP contribution in [0.5, 0.6) is 0 Å². The first-order chi connectivity index (χ1) is 8.28. The molecule has 1 aliphatic carbocycles. The van der Waals surface area contributed by atoms with E-state index < -0.39 is 0 Å². The average Bonchev–Trinajstić information content (AvgIpc) is 2.27. The average molecular weight is 228 g/mol. The summed E-state index contributed by atoms with van der Waals surface area (Å²) in [7, 11) is 0. The van der Waals surface area contributed by atoms with Gasteiger partial charge in [0.05, 0.1) is 12.5 Å². The van der Waals surface area contributed by atoms with Gasteiger partial charge in [0, 0.05) is 12.1 Å². The van der Waals surface area contributed by atoms with Crippen molar-refractivity contribution in [3.05, 3.63) is 29.8 Å². The maximum atomic E-state index is 11.7. The molecule has 1 fully saturated rings. The summed E-state index contributed by atoms with van der Waals surface area (Å²) < 4.78 is 0. The number of benzene rings is 1. The van der Waals surface area contributed by atoms with Gasteiger partial charge < -0.3 is 5.32 Å². The lowest BCUT2D eigenvalue weighted by Gasteiger charge is -2.24. The molecule has 1 aliphatic rings. The number of rotatable bonds is 4. The van der Waals surface area contributed by atoms with Gasteiger partial charge in [-0.25, -0.2) is 0 Å². The fraction of sp³-hybridized carbons (Fsp3) is 0.429. The number of nitriles is 1. The third-order valence-electron chi connectivity index (χ3n) is 3.22. The van der Waals surface area contributed by atoms with Gasteiger partial charge in [-0.05, 0) is 36.5 Å². The number of anilines is 1. The summed E-state index contributed by atoms with van der Waals surface area (Å²) in [5.74, 6) is 0.690. The number of hydrogen-bond acceptors (Lipinski definition) is 2. The largest absolute Gasteiger partial charge is 0.326 e. The van der Waals surface area contributed by atoms with Gasteiger partial charge in [-0.15, -0.1) is 0 Å². The Kier molecular flexibility index (Phi) is 3.77. The van der Waals surface area contributed by atoms with Crippen LogP contribution in [0.3, 0.4) is 0 Å². The SMILES string of the molecule is N#CCc1ccc(NC(=O)CC2CCC2)cc1. The van der Waals surface area contributed by atoms with Crippen molar-refractivity contribution in [2.24, 2.45) is 5.92 Å². The molecule has 1 amide bonds. The smallest absolute Gasteiger partial charge is 0.224 e. The first-order valence-corrected chi connectivity index (χ1v) is 6.03. The lowest BCUT2D eigenvalue weighted by Crippen LogP contribution is -2.20. The van der Waals surface area contributed by atoms with E-state index in [0.717, 1.165) is 11.3 Å². The van der Waals surface area contributed by atoms with E-state index in [1.54, 1.807) is 0 Å². The van der Waals surface area contributed by atoms with E-state index in [0.29, 0.717) is 18.8 Å². The van der Waals surface area contributed by atoms with Gasteiger partial charge in [-0.2, -0.15) is 5.26 Å². The van der Waals surface area contributed by atoms with Crippen LogP contribution in [-0.2, 0) is 11.2 Å². The molecule has 0 bridgehead atoms. The zero-order valence-electron chi connectivity index (χ0n) is 9.78. The van der Waals surface area contributed by atoms with Crippen LogP contribution in [-0.4, -0.2) is 5.91 Å². The number of amides is 1. The van der Waals surface area contributed by atoms with Crippen LogP contribution in [0.2, 0.25) is 0 Å². The summed E-state index contributed by atoms with van der Waals surface area (Å²) in [5, 5.41) is 11.4. The Morgan fingerprint density at radius 1 is 1.35 bits per heavy atom. The van der Waals surface area contributed by atoms with Crippen molar-refractivity contribution >= 4 is 11.6 Å². The van der Waals surface area contributed by atoms with Crippen molar-refractivity contribution in [1.82, 2.24) is 0 Å². The zero-order valence-corrected chi connectivity index (χ0v) is 9.78. The molecule has 1 saturated carbocycles. The topological polar surface area (TPSA) is 52.9 Å². The second-order valence-electron chi connectivity index (χ2n) is 4.58. The van der Waals surface area contributed by atoms with E-state index in [9.17, 15) is 4.79 Å². The van der Waals surface area contributed by atoms with Crippen molar-refractivity contribution < 1.29 is 4.79 Å². The van der Waals surface area contributed by atoms with Crippen molar-refractivity contribution in [1.29, 1.82) is 5.26 Å². The molecule has 0 spiro atoms. The summed E-state index contributed by atoms with van der Waals surface area (Å²) in [6, 6.07) is 9.56. The van der Waals surface area contributed by atoms with E-state index >= 15 is 0 Å². The number of hydrogen-bond donors (Lipinski definition) is 1. The highest BCUT2D eigenvalue weighted by Crippen LogP contribution is 2.29. The standard InChI is InChI=1S/C14H16N2O/c15-9-8-11-4-6-13(7-5-11)16-14(17)10-12-2-1-3-12/h4-7,12H,1-3,8,10H2,(H,16,17). The number of carbonyl (C=O) groups excluding carboxylic acids is 1. The molecule has 3 heteroatoms. The highest BCUT2D eigenvalue weighted by molar-refractivity contribution is 5.90. The van der Waals surface area contributed by atoms with Crippen molar-refractivity contribution in [3.8, 4) is 6.07 Å². The number of carbonyl (C=O) groups is 1. The van der Waals surface area contributed by atoms with E-state index in [4.69, 9.17) is 5.26 Å². The lowest BCUT2D eigenvalue weighted by atomic mass is 9.83. The van der Waals surface area contributed by atoms with E-state index in [2.05, 4.69) is 11.4 Å². The molecular weight excluding hydrogens is 212 g/mol. The molecule has 0 radical (unpaired) electrons. The molecule has 0 atom stereocenters. The molecule has 1 aromatic rings. The molecule has 0 unspecified atom stereocenters. The van der Waals surface area contributed by atoms with Crippen molar-refractivity contribution in [2.45, 2.75) is 32.1 Å². The monoisotopic (exact) mass is 228 g/mol. The Hall–Kier alpha value is -1.82. The maximum absolute atomic E-state index is 11.7. The third-order valence-corrected chi connectivity index (χ3v) is 3.22. The van der Waals surface area contributed by atoms with Crippen molar-refractivity contribution in [3.63, 3.8) is 0 Å². The highest BCUT2D eigenvalue weighted by atomic mass is 16.1. The van der Waals surface area contributed by atoms with Gasteiger partial charge in [0.2, 0.25) is 5.91 Å². The fourth-order valence-corrected chi connectivity index (χ4v) is 1.97. The predicted molar refractivity (Wildman–Crippen MR) is 66.3 cm³/mol. The Morgan fingerprint density at radius 3 is 2.59 bits per heavy atom. The first-order valence-electron chi connectivity index (χ1n) is 6.03. The molecule has 1 N–H and O–H groups in total. The molecule has 1 aromatic carbocycles. The van der Waals surface area contributed by atoms with Crippen LogP contribution in [0.4, 0.5) is 5.69 Å². The van der Waals surface area contributed by atoms with Crippen LogP contribution < -0.4 is 5.32 Å². The van der Waals surface area contributed by atoms with Crippen molar-refractivity contribution in [2.75, 3.05) is 5.32 Å². The molecule has 0 aliphatic heterocycles. The normalized spacial score (nSPS) is 14.8. The Morgan fingerprint density at radius 2 is 2.06 bits per heavy atom. The Labute approximate surface area is 101 Å². The second kappa shape index (κ2) is 5.49. The van der Waals surface area contributed by atoms with Gasteiger partial charge in [0.15, 0.2) is 0 Å². The summed E-state index contributed by atoms with van der Waals surface area (Å²) >= 11 is 0.